The summed E-state index contributed by atoms with van der Waals surface area (Å²) in [7, 11) is -3.72. The first-order valence-electron chi connectivity index (χ1n) is 9.41. The molecule has 0 radical (unpaired) electrons. The molecule has 9 heteroatoms. The van der Waals surface area contributed by atoms with Gasteiger partial charge in [-0.1, -0.05) is 30.3 Å². The summed E-state index contributed by atoms with van der Waals surface area (Å²) in [6, 6.07) is 21.5. The average molecular weight is 456 g/mol. The minimum absolute atomic E-state index is 0.0781. The molecule has 3 rings (SSSR count). The summed E-state index contributed by atoms with van der Waals surface area (Å²) >= 11 is 5.20. The minimum atomic E-state index is -3.72. The number of carbonyl (C=O) groups excluding carboxylic acids is 1. The molecule has 0 aromatic heterocycles. The molecule has 0 saturated heterocycles. The molecular weight excluding hydrogens is 434 g/mol. The van der Waals surface area contributed by atoms with Crippen LogP contribution in [0.25, 0.3) is 0 Å². The van der Waals surface area contributed by atoms with E-state index >= 15 is 0 Å². The van der Waals surface area contributed by atoms with Crippen LogP contribution in [-0.2, 0) is 10.0 Å². The molecule has 0 atom stereocenters. The van der Waals surface area contributed by atoms with Crippen LogP contribution in [0.1, 0.15) is 17.3 Å². The molecule has 160 valence electrons. The van der Waals surface area contributed by atoms with E-state index in [1.165, 1.54) is 12.1 Å². The van der Waals surface area contributed by atoms with Gasteiger partial charge in [-0.25, -0.2) is 8.42 Å². The predicted octanol–water partition coefficient (Wildman–Crippen LogP) is 4.01. The maximum Gasteiger partial charge on any atom is 0.261 e. The van der Waals surface area contributed by atoms with Gasteiger partial charge in [0.15, 0.2) is 5.11 Å². The topological polar surface area (TPSA) is 96.5 Å². The number of benzene rings is 3. The highest BCUT2D eigenvalue weighted by Crippen LogP contribution is 2.19. The quantitative estimate of drug-likeness (QED) is 0.466. The van der Waals surface area contributed by atoms with E-state index in [9.17, 15) is 13.2 Å². The van der Waals surface area contributed by atoms with Crippen LogP contribution in [-0.4, -0.2) is 26.0 Å². The Morgan fingerprint density at radius 3 is 2.23 bits per heavy atom. The van der Waals surface area contributed by atoms with Crippen LogP contribution in [0, 0.1) is 0 Å². The summed E-state index contributed by atoms with van der Waals surface area (Å²) in [6.07, 6.45) is 0. The second kappa shape index (κ2) is 10.1. The van der Waals surface area contributed by atoms with Crippen LogP contribution in [0.3, 0.4) is 0 Å². The summed E-state index contributed by atoms with van der Waals surface area (Å²) in [5.41, 5.74) is 1.37. The van der Waals surface area contributed by atoms with E-state index in [0.29, 0.717) is 29.3 Å². The maximum atomic E-state index is 12.5. The van der Waals surface area contributed by atoms with Gasteiger partial charge in [0.05, 0.1) is 17.1 Å². The van der Waals surface area contributed by atoms with Gasteiger partial charge in [0.25, 0.3) is 15.9 Å². The number of hydrogen-bond acceptors (Lipinski definition) is 5. The summed E-state index contributed by atoms with van der Waals surface area (Å²) < 4.78 is 33.0. The van der Waals surface area contributed by atoms with E-state index in [1.807, 2.05) is 6.92 Å². The van der Waals surface area contributed by atoms with Crippen molar-refractivity contribution in [3.63, 3.8) is 0 Å². The second-order valence-electron chi connectivity index (χ2n) is 6.33. The molecule has 3 N–H and O–H groups in total. The van der Waals surface area contributed by atoms with E-state index in [4.69, 9.17) is 17.0 Å². The van der Waals surface area contributed by atoms with Crippen LogP contribution in [0.5, 0.6) is 5.75 Å². The molecule has 0 aliphatic heterocycles. The van der Waals surface area contributed by atoms with Crippen LogP contribution in [0.2, 0.25) is 0 Å². The Morgan fingerprint density at radius 1 is 0.903 bits per heavy atom. The number of anilines is 2. The van der Waals surface area contributed by atoms with Crippen molar-refractivity contribution >= 4 is 44.6 Å². The van der Waals surface area contributed by atoms with E-state index in [0.717, 1.165) is 0 Å². The number of carbonyl (C=O) groups is 1. The third-order valence-corrected chi connectivity index (χ3v) is 5.71. The van der Waals surface area contributed by atoms with E-state index < -0.39 is 15.9 Å². The number of nitrogens with one attached hydrogen (secondary N) is 3. The Balaban J connectivity index is 1.63. The first kappa shape index (κ1) is 22.3. The molecule has 0 spiro atoms. The lowest BCUT2D eigenvalue weighted by atomic mass is 10.2. The van der Waals surface area contributed by atoms with E-state index in [-0.39, 0.29) is 10.0 Å². The number of rotatable bonds is 7. The van der Waals surface area contributed by atoms with Gasteiger partial charge >= 0.3 is 0 Å². The highest BCUT2D eigenvalue weighted by Gasteiger charge is 2.15. The highest BCUT2D eigenvalue weighted by atomic mass is 32.2. The third kappa shape index (κ3) is 6.03. The Kier molecular flexibility index (Phi) is 7.22. The molecule has 0 heterocycles. The van der Waals surface area contributed by atoms with E-state index in [2.05, 4.69) is 15.4 Å². The van der Waals surface area contributed by atoms with Gasteiger partial charge < -0.3 is 10.1 Å². The highest BCUT2D eigenvalue weighted by molar-refractivity contribution is 7.92. The van der Waals surface area contributed by atoms with E-state index in [1.54, 1.807) is 66.7 Å². The average Bonchev–Trinajstić information content (AvgIpc) is 2.75. The van der Waals surface area contributed by atoms with Gasteiger partial charge in [-0.2, -0.15) is 0 Å². The zero-order valence-corrected chi connectivity index (χ0v) is 18.3. The van der Waals surface area contributed by atoms with Crippen molar-refractivity contribution in [2.45, 2.75) is 11.8 Å². The maximum absolute atomic E-state index is 12.5. The van der Waals surface area contributed by atoms with Gasteiger partial charge in [0.1, 0.15) is 5.75 Å². The molecular formula is C22H21N3O4S2. The number of ether oxygens (including phenoxy) is 1. The normalized spacial score (nSPS) is 10.7. The molecule has 0 saturated carbocycles. The van der Waals surface area contributed by atoms with Crippen LogP contribution in [0.15, 0.2) is 83.8 Å². The van der Waals surface area contributed by atoms with Crippen molar-refractivity contribution in [2.75, 3.05) is 16.6 Å². The Morgan fingerprint density at radius 2 is 1.55 bits per heavy atom. The summed E-state index contributed by atoms with van der Waals surface area (Å²) in [5.74, 6) is 0.0542. The fourth-order valence-corrected chi connectivity index (χ4v) is 3.98. The number of sulfonamides is 1. The van der Waals surface area contributed by atoms with Crippen molar-refractivity contribution in [3.8, 4) is 5.75 Å². The van der Waals surface area contributed by atoms with Gasteiger partial charge in [-0.15, -0.1) is 0 Å². The number of hydrogen-bond donors (Lipinski definition) is 3. The SMILES string of the molecule is CCOc1ccccc1C(=O)NC(=S)Nc1ccc(S(=O)(=O)Nc2ccccc2)cc1. The van der Waals surface area contributed by atoms with Gasteiger partial charge in [0.2, 0.25) is 0 Å². The predicted molar refractivity (Wildman–Crippen MR) is 125 cm³/mol. The molecule has 0 aliphatic rings. The first-order chi connectivity index (χ1) is 14.9. The van der Waals surface area contributed by atoms with Crippen LogP contribution >= 0.6 is 12.2 Å². The van der Waals surface area contributed by atoms with Crippen molar-refractivity contribution in [2.24, 2.45) is 0 Å². The van der Waals surface area contributed by atoms with Crippen LogP contribution < -0.4 is 20.1 Å². The standard InChI is InChI=1S/C22H21N3O4S2/c1-2-29-20-11-7-6-10-19(20)21(26)24-22(30)23-16-12-14-18(15-13-16)31(27,28)25-17-8-4-3-5-9-17/h3-15,25H,2H2,1H3,(H2,23,24,26,30). The lowest BCUT2D eigenvalue weighted by molar-refractivity contribution is 0.0974. The third-order valence-electron chi connectivity index (χ3n) is 4.11. The molecule has 0 fully saturated rings. The van der Waals surface area contributed by atoms with Crippen molar-refractivity contribution in [1.29, 1.82) is 0 Å². The first-order valence-corrected chi connectivity index (χ1v) is 11.3. The molecule has 3 aromatic rings. The summed E-state index contributed by atoms with van der Waals surface area (Å²) in [5, 5.41) is 5.54. The molecule has 7 nitrogen and oxygen atoms in total. The lowest BCUT2D eigenvalue weighted by Gasteiger charge is -2.13. The summed E-state index contributed by atoms with van der Waals surface area (Å²) in [4.78, 5) is 12.6. The molecule has 0 aliphatic carbocycles. The number of para-hydroxylation sites is 2. The zero-order valence-electron chi connectivity index (χ0n) is 16.7. The van der Waals surface area contributed by atoms with Gasteiger partial charge in [-0.05, 0) is 67.7 Å². The summed E-state index contributed by atoms with van der Waals surface area (Å²) in [6.45, 7) is 2.27. The molecule has 0 bridgehead atoms. The van der Waals surface area contributed by atoms with Crippen LogP contribution in [0.4, 0.5) is 11.4 Å². The molecule has 3 aromatic carbocycles. The van der Waals surface area contributed by atoms with Gasteiger partial charge in [0, 0.05) is 11.4 Å². The Bertz CT molecular complexity index is 1160. The van der Waals surface area contributed by atoms with Crippen molar-refractivity contribution in [1.82, 2.24) is 5.32 Å². The molecule has 31 heavy (non-hydrogen) atoms. The Hall–Kier alpha value is -3.43. The Labute approximate surface area is 186 Å². The van der Waals surface area contributed by atoms with Gasteiger partial charge in [-0.3, -0.25) is 14.8 Å². The number of thiocarbonyl (C=S) groups is 1. The fourth-order valence-electron chi connectivity index (χ4n) is 2.71. The zero-order chi connectivity index (χ0) is 22.3. The lowest BCUT2D eigenvalue weighted by Crippen LogP contribution is -2.34. The fraction of sp³-hybridized carbons (Fsp3) is 0.0909. The largest absolute Gasteiger partial charge is 0.493 e. The second-order valence-corrected chi connectivity index (χ2v) is 8.42. The molecule has 0 unspecified atom stereocenters. The minimum Gasteiger partial charge on any atom is -0.493 e. The molecule has 1 amide bonds. The monoisotopic (exact) mass is 455 g/mol. The van der Waals surface area contributed by atoms with Crippen molar-refractivity contribution < 1.29 is 17.9 Å². The van der Waals surface area contributed by atoms with Crippen molar-refractivity contribution in [3.05, 3.63) is 84.4 Å². The number of amides is 1. The smallest absolute Gasteiger partial charge is 0.261 e.